The van der Waals surface area contributed by atoms with Gasteiger partial charge in [-0.2, -0.15) is 5.26 Å². The van der Waals surface area contributed by atoms with Gasteiger partial charge in [0, 0.05) is 36.3 Å². The number of ether oxygens (including phenoxy) is 4. The van der Waals surface area contributed by atoms with E-state index in [-0.39, 0.29) is 12.0 Å². The van der Waals surface area contributed by atoms with E-state index in [0.717, 1.165) is 83.6 Å². The van der Waals surface area contributed by atoms with Crippen LogP contribution in [0.15, 0.2) is 42.5 Å². The molecule has 7 heteroatoms. The molecule has 0 amide bonds. The molecule has 6 rings (SSSR count). The molecule has 2 unspecified atom stereocenters. The zero-order valence-electron chi connectivity index (χ0n) is 24.4. The molecular formula is C35H37NO6. The third kappa shape index (κ3) is 5.32. The van der Waals surface area contributed by atoms with Gasteiger partial charge in [-0.25, -0.2) is 0 Å². The van der Waals surface area contributed by atoms with Gasteiger partial charge in [-0.3, -0.25) is 4.79 Å². The van der Waals surface area contributed by atoms with Gasteiger partial charge in [0.25, 0.3) is 0 Å². The van der Waals surface area contributed by atoms with Crippen LogP contribution in [-0.4, -0.2) is 37.5 Å². The maximum Gasteiger partial charge on any atom is 0.306 e. The van der Waals surface area contributed by atoms with Crippen LogP contribution < -0.4 is 14.2 Å². The van der Waals surface area contributed by atoms with E-state index < -0.39 is 11.9 Å². The second-order valence-corrected chi connectivity index (χ2v) is 11.9. The third-order valence-corrected chi connectivity index (χ3v) is 9.13. The summed E-state index contributed by atoms with van der Waals surface area (Å²) >= 11 is 0. The predicted molar refractivity (Wildman–Crippen MR) is 158 cm³/mol. The van der Waals surface area contributed by atoms with Crippen molar-refractivity contribution in [3.63, 3.8) is 0 Å². The molecule has 1 aliphatic carbocycles. The van der Waals surface area contributed by atoms with Crippen molar-refractivity contribution in [3.8, 4) is 34.4 Å². The van der Waals surface area contributed by atoms with Crippen molar-refractivity contribution >= 4 is 5.97 Å². The Kier molecular flexibility index (Phi) is 7.83. The lowest BCUT2D eigenvalue weighted by Crippen LogP contribution is -2.21. The highest BCUT2D eigenvalue weighted by Gasteiger charge is 2.34. The number of hydrogen-bond donors (Lipinski definition) is 1. The number of aliphatic carboxylic acids is 1. The molecule has 42 heavy (non-hydrogen) atoms. The molecule has 2 aliphatic heterocycles. The fourth-order valence-electron chi connectivity index (χ4n) is 6.73. The van der Waals surface area contributed by atoms with Gasteiger partial charge in [-0.1, -0.05) is 19.1 Å². The highest BCUT2D eigenvalue weighted by Crippen LogP contribution is 2.46. The molecular weight excluding hydrogens is 530 g/mol. The maximum absolute atomic E-state index is 11.5. The van der Waals surface area contributed by atoms with Gasteiger partial charge in [0.15, 0.2) is 0 Å². The first-order valence-electron chi connectivity index (χ1n) is 14.9. The number of fused-ring (bicyclic) bond motifs is 2. The standard InChI is InChI=1S/C35H37NO6/c1-20-14-26(40-18-23-10-12-39-13-11-23)15-21(2)33(20)34-24(17-36)4-6-27-29(34)8-9-31(27)42-25-5-7-28-30(22(3)35(37)38)19-41-32(28)16-25/h4-7,14-16,22-23,30-31H,8-13,18-19H2,1-3H3,(H,37,38)/t22?,30?,31-/m1/s1. The average molecular weight is 568 g/mol. The lowest BCUT2D eigenvalue weighted by Gasteiger charge is -2.23. The first-order chi connectivity index (χ1) is 20.3. The monoisotopic (exact) mass is 567 g/mol. The van der Waals surface area contributed by atoms with Crippen LogP contribution in [0.3, 0.4) is 0 Å². The summed E-state index contributed by atoms with van der Waals surface area (Å²) in [4.78, 5) is 11.5. The molecule has 1 fully saturated rings. The summed E-state index contributed by atoms with van der Waals surface area (Å²) in [7, 11) is 0. The minimum absolute atomic E-state index is 0.151. The fourth-order valence-corrected chi connectivity index (χ4v) is 6.73. The number of nitrogens with zero attached hydrogens (tertiary/aromatic N) is 1. The Balaban J connectivity index is 1.25. The minimum Gasteiger partial charge on any atom is -0.493 e. The van der Waals surface area contributed by atoms with Gasteiger partial charge in [-0.15, -0.1) is 0 Å². The van der Waals surface area contributed by atoms with Crippen molar-refractivity contribution in [2.45, 2.75) is 58.5 Å². The molecule has 3 aromatic rings. The summed E-state index contributed by atoms with van der Waals surface area (Å²) in [5.74, 6) is 1.25. The molecule has 1 saturated heterocycles. The van der Waals surface area contributed by atoms with E-state index in [4.69, 9.17) is 18.9 Å². The van der Waals surface area contributed by atoms with Crippen LogP contribution >= 0.6 is 0 Å². The molecule has 0 aromatic heterocycles. The third-order valence-electron chi connectivity index (χ3n) is 9.13. The lowest BCUT2D eigenvalue weighted by atomic mass is 9.87. The van der Waals surface area contributed by atoms with E-state index in [1.54, 1.807) is 6.92 Å². The second kappa shape index (κ2) is 11.7. The number of carboxylic acids is 1. The van der Waals surface area contributed by atoms with E-state index >= 15 is 0 Å². The van der Waals surface area contributed by atoms with Crippen LogP contribution in [0.25, 0.3) is 11.1 Å². The van der Waals surface area contributed by atoms with E-state index in [1.807, 2.05) is 30.3 Å². The molecule has 3 aliphatic rings. The van der Waals surface area contributed by atoms with Crippen LogP contribution in [0.1, 0.15) is 71.6 Å². The fraction of sp³-hybridized carbons (Fsp3) is 0.429. The average Bonchev–Trinajstić information content (AvgIpc) is 3.60. The topological polar surface area (TPSA) is 98.0 Å². The molecule has 1 N–H and O–H groups in total. The number of carboxylic acid groups (broad SMARTS) is 1. The second-order valence-electron chi connectivity index (χ2n) is 11.9. The predicted octanol–water partition coefficient (Wildman–Crippen LogP) is 6.91. The first-order valence-corrected chi connectivity index (χ1v) is 14.9. The number of benzene rings is 3. The number of aryl methyl sites for hydroxylation is 2. The number of rotatable bonds is 8. The highest BCUT2D eigenvalue weighted by atomic mass is 16.5. The Morgan fingerprint density at radius 3 is 2.48 bits per heavy atom. The van der Waals surface area contributed by atoms with Gasteiger partial charge in [0.2, 0.25) is 0 Å². The molecule has 7 nitrogen and oxygen atoms in total. The molecule has 0 saturated carbocycles. The van der Waals surface area contributed by atoms with E-state index in [2.05, 4.69) is 32.0 Å². The van der Waals surface area contributed by atoms with Crippen molar-refractivity contribution < 1.29 is 28.8 Å². The summed E-state index contributed by atoms with van der Waals surface area (Å²) in [5, 5.41) is 19.6. The van der Waals surface area contributed by atoms with E-state index in [0.29, 0.717) is 36.2 Å². The van der Waals surface area contributed by atoms with Crippen LogP contribution in [0, 0.1) is 37.0 Å². The quantitative estimate of drug-likeness (QED) is 0.316. The molecule has 0 spiro atoms. The Bertz CT molecular complexity index is 1530. The summed E-state index contributed by atoms with van der Waals surface area (Å²) in [6, 6.07) is 16.3. The van der Waals surface area contributed by atoms with Gasteiger partial charge < -0.3 is 24.1 Å². The molecule has 2 heterocycles. The summed E-state index contributed by atoms with van der Waals surface area (Å²) in [6.07, 6.45) is 3.53. The minimum atomic E-state index is -0.825. The Morgan fingerprint density at radius 1 is 1.02 bits per heavy atom. The molecule has 0 bridgehead atoms. The van der Waals surface area contributed by atoms with Crippen molar-refractivity contribution in [3.05, 3.63) is 75.8 Å². The zero-order chi connectivity index (χ0) is 29.4. The molecule has 3 atom stereocenters. The van der Waals surface area contributed by atoms with Gasteiger partial charge in [0.05, 0.1) is 30.8 Å². The number of hydrogen-bond acceptors (Lipinski definition) is 6. The largest absolute Gasteiger partial charge is 0.493 e. The van der Waals surface area contributed by atoms with Crippen LogP contribution in [0.2, 0.25) is 0 Å². The Morgan fingerprint density at radius 2 is 1.76 bits per heavy atom. The summed E-state index contributed by atoms with van der Waals surface area (Å²) < 4.78 is 24.0. The van der Waals surface area contributed by atoms with Crippen LogP contribution in [0.5, 0.6) is 17.2 Å². The van der Waals surface area contributed by atoms with E-state index in [1.165, 1.54) is 0 Å². The Hall–Kier alpha value is -4.02. The smallest absolute Gasteiger partial charge is 0.306 e. The van der Waals surface area contributed by atoms with Crippen LogP contribution in [0.4, 0.5) is 0 Å². The highest BCUT2D eigenvalue weighted by molar-refractivity contribution is 5.81. The number of carbonyl (C=O) groups is 1. The van der Waals surface area contributed by atoms with Gasteiger partial charge in [-0.05, 0) is 97.5 Å². The normalized spacial score (nSPS) is 20.2. The SMILES string of the molecule is Cc1cc(OCC2CCOCC2)cc(C)c1-c1c(C#N)ccc2c1CC[C@H]2Oc1ccc2c(c1)OCC2C(C)C(=O)O. The summed E-state index contributed by atoms with van der Waals surface area (Å²) in [5.41, 5.74) is 8.11. The van der Waals surface area contributed by atoms with E-state index in [9.17, 15) is 15.2 Å². The zero-order valence-corrected chi connectivity index (χ0v) is 24.4. The van der Waals surface area contributed by atoms with Crippen molar-refractivity contribution in [2.24, 2.45) is 11.8 Å². The molecule has 0 radical (unpaired) electrons. The summed E-state index contributed by atoms with van der Waals surface area (Å²) in [6.45, 7) is 8.56. The molecule has 3 aromatic carbocycles. The van der Waals surface area contributed by atoms with Crippen LogP contribution in [-0.2, 0) is 16.0 Å². The molecule has 218 valence electrons. The lowest BCUT2D eigenvalue weighted by molar-refractivity contribution is -0.142. The Labute approximate surface area is 247 Å². The maximum atomic E-state index is 11.5. The number of nitriles is 1. The van der Waals surface area contributed by atoms with Gasteiger partial charge >= 0.3 is 5.97 Å². The first kappa shape index (κ1) is 28.1. The van der Waals surface area contributed by atoms with Crippen molar-refractivity contribution in [1.29, 1.82) is 5.26 Å². The van der Waals surface area contributed by atoms with Crippen molar-refractivity contribution in [2.75, 3.05) is 26.4 Å². The van der Waals surface area contributed by atoms with Gasteiger partial charge in [0.1, 0.15) is 23.4 Å². The van der Waals surface area contributed by atoms with Crippen molar-refractivity contribution in [1.82, 2.24) is 0 Å².